The molecule has 132 valence electrons. The Bertz CT molecular complexity index is 796. The maximum absolute atomic E-state index is 11.5. The van der Waals surface area contributed by atoms with Gasteiger partial charge < -0.3 is 18.6 Å². The molecule has 0 saturated carbocycles. The van der Waals surface area contributed by atoms with Crippen LogP contribution in [0.3, 0.4) is 0 Å². The number of esters is 1. The van der Waals surface area contributed by atoms with Gasteiger partial charge in [0.25, 0.3) is 0 Å². The number of aryl methyl sites for hydroxylation is 1. The van der Waals surface area contributed by atoms with Gasteiger partial charge in [-0.2, -0.15) is 0 Å². The molecule has 0 spiro atoms. The van der Waals surface area contributed by atoms with Gasteiger partial charge in [0.05, 0.1) is 18.3 Å². The van der Waals surface area contributed by atoms with Crippen LogP contribution < -0.4 is 5.46 Å². The van der Waals surface area contributed by atoms with E-state index < -0.39 is 24.3 Å². The number of hydrogen-bond acceptors (Lipinski definition) is 6. The van der Waals surface area contributed by atoms with Crippen molar-refractivity contribution in [2.75, 3.05) is 7.11 Å². The minimum absolute atomic E-state index is 0.0651. The molecule has 1 aliphatic rings. The Kier molecular flexibility index (Phi) is 4.25. The van der Waals surface area contributed by atoms with Crippen LogP contribution in [0.2, 0.25) is 0 Å². The lowest BCUT2D eigenvalue weighted by Crippen LogP contribution is -2.41. The van der Waals surface area contributed by atoms with Crippen LogP contribution in [0.5, 0.6) is 0 Å². The number of benzene rings is 1. The van der Waals surface area contributed by atoms with Crippen LogP contribution in [0.15, 0.2) is 28.8 Å². The first kappa shape index (κ1) is 17.7. The average Bonchev–Trinajstić information content (AvgIpc) is 3.10. The van der Waals surface area contributed by atoms with Crippen LogP contribution in [-0.4, -0.2) is 36.6 Å². The van der Waals surface area contributed by atoms with Gasteiger partial charge in [-0.25, -0.2) is 4.79 Å². The minimum Gasteiger partial charge on any atom is -0.463 e. The zero-order valence-electron chi connectivity index (χ0n) is 15.4. The van der Waals surface area contributed by atoms with Gasteiger partial charge >= 0.3 is 13.1 Å². The SMILES string of the molecule is COC(=O)c1cc(-c2ccc(C)c(B3OC(C)(C)C(C)(C)O3)c2)no1. The molecule has 1 fully saturated rings. The van der Waals surface area contributed by atoms with E-state index in [1.165, 1.54) is 7.11 Å². The topological polar surface area (TPSA) is 70.8 Å². The summed E-state index contributed by atoms with van der Waals surface area (Å²) in [7, 11) is 0.837. The maximum Gasteiger partial charge on any atom is 0.495 e. The molecule has 2 heterocycles. The van der Waals surface area contributed by atoms with Crippen molar-refractivity contribution >= 4 is 18.6 Å². The standard InChI is InChI=1S/C18H22BNO5/c1-11-7-8-12(14-10-15(23-20-14)16(21)22-6)9-13(11)19-24-17(2,3)18(4,5)25-19/h7-10H,1-6H3. The maximum atomic E-state index is 11.5. The zero-order chi connectivity index (χ0) is 18.4. The fourth-order valence-corrected chi connectivity index (χ4v) is 2.63. The minimum atomic E-state index is -0.558. The summed E-state index contributed by atoms with van der Waals surface area (Å²) < 4.78 is 22.0. The Morgan fingerprint density at radius 1 is 1.12 bits per heavy atom. The molecule has 3 rings (SSSR count). The van der Waals surface area contributed by atoms with E-state index in [4.69, 9.17) is 13.8 Å². The normalized spacial score (nSPS) is 18.4. The van der Waals surface area contributed by atoms with Gasteiger partial charge in [-0.05, 0) is 40.1 Å². The molecule has 0 unspecified atom stereocenters. The van der Waals surface area contributed by atoms with Crippen molar-refractivity contribution in [3.63, 3.8) is 0 Å². The molecule has 0 bridgehead atoms. The number of hydrogen-bond donors (Lipinski definition) is 0. The molecule has 1 aliphatic heterocycles. The van der Waals surface area contributed by atoms with Gasteiger partial charge in [0.15, 0.2) is 0 Å². The molecule has 0 amide bonds. The first-order chi connectivity index (χ1) is 11.6. The summed E-state index contributed by atoms with van der Waals surface area (Å²) in [5.41, 5.74) is 2.53. The van der Waals surface area contributed by atoms with Crippen LogP contribution in [-0.2, 0) is 14.0 Å². The number of carbonyl (C=O) groups is 1. The Hall–Kier alpha value is -2.12. The third-order valence-electron chi connectivity index (χ3n) is 4.98. The van der Waals surface area contributed by atoms with E-state index >= 15 is 0 Å². The highest BCUT2D eigenvalue weighted by Crippen LogP contribution is 2.37. The van der Waals surface area contributed by atoms with E-state index in [0.717, 1.165) is 16.6 Å². The molecule has 1 aromatic heterocycles. The lowest BCUT2D eigenvalue weighted by Gasteiger charge is -2.32. The summed E-state index contributed by atoms with van der Waals surface area (Å²) in [6.07, 6.45) is 0. The second-order valence-corrected chi connectivity index (χ2v) is 7.23. The molecule has 0 aliphatic carbocycles. The molecule has 0 atom stereocenters. The quantitative estimate of drug-likeness (QED) is 0.630. The third-order valence-corrected chi connectivity index (χ3v) is 4.98. The summed E-state index contributed by atoms with van der Waals surface area (Å²) in [5, 5.41) is 3.95. The Balaban J connectivity index is 1.94. The van der Waals surface area contributed by atoms with E-state index in [0.29, 0.717) is 5.69 Å². The van der Waals surface area contributed by atoms with E-state index in [-0.39, 0.29) is 5.76 Å². The molecule has 1 saturated heterocycles. The number of carbonyl (C=O) groups excluding carboxylic acids is 1. The fourth-order valence-electron chi connectivity index (χ4n) is 2.63. The summed E-state index contributed by atoms with van der Waals surface area (Å²) in [4.78, 5) is 11.5. The lowest BCUT2D eigenvalue weighted by molar-refractivity contribution is 0.00578. The van der Waals surface area contributed by atoms with Gasteiger partial charge in [-0.3, -0.25) is 0 Å². The van der Waals surface area contributed by atoms with Crippen molar-refractivity contribution in [1.29, 1.82) is 0 Å². The van der Waals surface area contributed by atoms with Crippen LogP contribution in [0.25, 0.3) is 11.3 Å². The summed E-state index contributed by atoms with van der Waals surface area (Å²) >= 11 is 0. The molecule has 6 nitrogen and oxygen atoms in total. The number of methoxy groups -OCH3 is 1. The van der Waals surface area contributed by atoms with Gasteiger partial charge in [0, 0.05) is 11.6 Å². The van der Waals surface area contributed by atoms with Gasteiger partial charge in [0.1, 0.15) is 5.69 Å². The van der Waals surface area contributed by atoms with E-state index in [2.05, 4.69) is 9.89 Å². The molecular weight excluding hydrogens is 321 g/mol. The number of rotatable bonds is 3. The predicted molar refractivity (Wildman–Crippen MR) is 93.7 cm³/mol. The van der Waals surface area contributed by atoms with Crippen LogP contribution in [0, 0.1) is 6.92 Å². The monoisotopic (exact) mass is 343 g/mol. The Morgan fingerprint density at radius 2 is 1.76 bits per heavy atom. The second-order valence-electron chi connectivity index (χ2n) is 7.23. The highest BCUT2D eigenvalue weighted by atomic mass is 16.7. The largest absolute Gasteiger partial charge is 0.495 e. The molecule has 0 N–H and O–H groups in total. The number of ether oxygens (including phenoxy) is 1. The van der Waals surface area contributed by atoms with Crippen molar-refractivity contribution in [3.05, 3.63) is 35.6 Å². The smallest absolute Gasteiger partial charge is 0.463 e. The fraction of sp³-hybridized carbons (Fsp3) is 0.444. The first-order valence-electron chi connectivity index (χ1n) is 8.16. The molecule has 7 heteroatoms. The van der Waals surface area contributed by atoms with Crippen LogP contribution in [0.1, 0.15) is 43.8 Å². The van der Waals surface area contributed by atoms with Crippen molar-refractivity contribution < 1.29 is 23.4 Å². The summed E-state index contributed by atoms with van der Waals surface area (Å²) in [5.74, 6) is -0.493. The first-order valence-corrected chi connectivity index (χ1v) is 8.16. The van der Waals surface area contributed by atoms with E-state index in [1.807, 2.05) is 52.8 Å². The average molecular weight is 343 g/mol. The Labute approximate surface area is 147 Å². The van der Waals surface area contributed by atoms with Gasteiger partial charge in [-0.1, -0.05) is 28.9 Å². The molecule has 1 aromatic carbocycles. The number of aromatic nitrogens is 1. The highest BCUT2D eigenvalue weighted by molar-refractivity contribution is 6.62. The molecule has 2 aromatic rings. The Morgan fingerprint density at radius 3 is 2.36 bits per heavy atom. The van der Waals surface area contributed by atoms with Gasteiger partial charge in [-0.15, -0.1) is 0 Å². The van der Waals surface area contributed by atoms with Gasteiger partial charge in [0.2, 0.25) is 5.76 Å². The van der Waals surface area contributed by atoms with Crippen molar-refractivity contribution in [3.8, 4) is 11.3 Å². The second kappa shape index (κ2) is 6.00. The van der Waals surface area contributed by atoms with Crippen LogP contribution in [0.4, 0.5) is 0 Å². The predicted octanol–water partition coefficient (Wildman–Crippen LogP) is 2.74. The van der Waals surface area contributed by atoms with Crippen LogP contribution >= 0.6 is 0 Å². The zero-order valence-corrected chi connectivity index (χ0v) is 15.4. The highest BCUT2D eigenvalue weighted by Gasteiger charge is 2.52. The van der Waals surface area contributed by atoms with Crippen molar-refractivity contribution in [2.24, 2.45) is 0 Å². The lowest BCUT2D eigenvalue weighted by atomic mass is 9.75. The van der Waals surface area contributed by atoms with Crippen molar-refractivity contribution in [2.45, 2.75) is 45.8 Å². The van der Waals surface area contributed by atoms with E-state index in [1.54, 1.807) is 6.07 Å². The number of nitrogens with zero attached hydrogens (tertiary/aromatic N) is 1. The van der Waals surface area contributed by atoms with E-state index in [9.17, 15) is 4.79 Å². The molecule has 0 radical (unpaired) electrons. The molecular formula is C18H22BNO5. The molecule has 25 heavy (non-hydrogen) atoms. The third kappa shape index (κ3) is 3.09. The summed E-state index contributed by atoms with van der Waals surface area (Å²) in [6, 6.07) is 7.41. The summed E-state index contributed by atoms with van der Waals surface area (Å²) in [6.45, 7) is 10.1. The van der Waals surface area contributed by atoms with Crippen molar-refractivity contribution in [1.82, 2.24) is 5.16 Å².